The van der Waals surface area contributed by atoms with Crippen LogP contribution in [0.25, 0.3) is 5.57 Å². The summed E-state index contributed by atoms with van der Waals surface area (Å²) in [6.45, 7) is 4.47. The molecule has 2 aliphatic carbocycles. The van der Waals surface area contributed by atoms with Crippen LogP contribution in [0.2, 0.25) is 0 Å². The maximum atomic E-state index is 5.80. The van der Waals surface area contributed by atoms with Crippen molar-refractivity contribution in [2.75, 3.05) is 19.8 Å². The van der Waals surface area contributed by atoms with Crippen molar-refractivity contribution in [3.05, 3.63) is 59.7 Å². The van der Waals surface area contributed by atoms with Gasteiger partial charge in [0.2, 0.25) is 0 Å². The highest BCUT2D eigenvalue weighted by atomic mass is 16.6. The minimum Gasteiger partial charge on any atom is -0.491 e. The van der Waals surface area contributed by atoms with Gasteiger partial charge in [0.1, 0.15) is 18.5 Å². The lowest BCUT2D eigenvalue weighted by molar-refractivity contribution is -0.459. The summed E-state index contributed by atoms with van der Waals surface area (Å²) < 4.78 is 16.6. The summed E-state index contributed by atoms with van der Waals surface area (Å²) in [4.78, 5) is 0. The number of carbonyl (C=O) groups excluding carboxylic acids is 1. The third-order valence-corrected chi connectivity index (χ3v) is 4.60. The quantitative estimate of drug-likeness (QED) is 0.588. The Morgan fingerprint density at radius 3 is 2.46 bits per heavy atom. The maximum absolute atomic E-state index is 5.80. The van der Waals surface area contributed by atoms with Crippen molar-refractivity contribution in [2.24, 2.45) is 5.92 Å². The number of hydrogen-bond donors (Lipinski definition) is 0. The molecule has 1 aliphatic heterocycles. The summed E-state index contributed by atoms with van der Waals surface area (Å²) in [7, 11) is 0. The Balaban J connectivity index is 1.41. The molecule has 0 radical (unpaired) electrons. The SMILES string of the molecule is CC(=C1C=CC(=[O+]CC2CC2)C=C1)c1ccc(OCC2CO2)cc1. The lowest BCUT2D eigenvalue weighted by Crippen LogP contribution is -2.03. The Morgan fingerprint density at radius 2 is 1.83 bits per heavy atom. The molecule has 3 aliphatic rings. The van der Waals surface area contributed by atoms with Gasteiger partial charge in [0.05, 0.1) is 6.61 Å². The number of ketones is 1. The van der Waals surface area contributed by atoms with Crippen LogP contribution in [0.4, 0.5) is 0 Å². The van der Waals surface area contributed by atoms with Crippen molar-refractivity contribution in [2.45, 2.75) is 25.9 Å². The number of epoxide rings is 1. The molecule has 4 rings (SSSR count). The summed E-state index contributed by atoms with van der Waals surface area (Å²) in [5, 5.41) is 0. The van der Waals surface area contributed by atoms with Crippen molar-refractivity contribution in [1.82, 2.24) is 0 Å². The molecule has 1 saturated carbocycles. The Hall–Kier alpha value is -2.13. The van der Waals surface area contributed by atoms with Gasteiger partial charge < -0.3 is 9.47 Å². The van der Waals surface area contributed by atoms with Gasteiger partial charge in [-0.3, -0.25) is 4.42 Å². The predicted molar refractivity (Wildman–Crippen MR) is 95.1 cm³/mol. The van der Waals surface area contributed by atoms with Crippen LogP contribution >= 0.6 is 0 Å². The fourth-order valence-corrected chi connectivity index (χ4v) is 2.62. The first kappa shape index (κ1) is 15.4. The molecule has 1 aromatic rings. The van der Waals surface area contributed by atoms with Crippen molar-refractivity contribution in [3.63, 3.8) is 0 Å². The summed E-state index contributed by atoms with van der Waals surface area (Å²) in [5.41, 5.74) is 3.67. The molecule has 1 atom stereocenters. The van der Waals surface area contributed by atoms with E-state index in [1.807, 2.05) is 12.1 Å². The van der Waals surface area contributed by atoms with Gasteiger partial charge in [0, 0.05) is 18.1 Å². The van der Waals surface area contributed by atoms with E-state index in [4.69, 9.17) is 13.9 Å². The van der Waals surface area contributed by atoms with Crippen LogP contribution in [0.1, 0.15) is 25.3 Å². The smallest absolute Gasteiger partial charge is 0.343 e. The molecule has 124 valence electrons. The van der Waals surface area contributed by atoms with Gasteiger partial charge in [-0.15, -0.1) is 0 Å². The zero-order valence-electron chi connectivity index (χ0n) is 14.0. The monoisotopic (exact) mass is 323 g/mol. The molecule has 3 nitrogen and oxygen atoms in total. The van der Waals surface area contributed by atoms with Crippen LogP contribution in [-0.4, -0.2) is 31.7 Å². The van der Waals surface area contributed by atoms with Gasteiger partial charge in [-0.2, -0.15) is 0 Å². The third kappa shape index (κ3) is 4.04. The second-order valence-corrected chi connectivity index (χ2v) is 6.69. The summed E-state index contributed by atoms with van der Waals surface area (Å²) >= 11 is 0. The highest BCUT2D eigenvalue weighted by molar-refractivity contribution is 6.02. The van der Waals surface area contributed by atoms with Crippen molar-refractivity contribution in [1.29, 1.82) is 0 Å². The minimum absolute atomic E-state index is 0.290. The van der Waals surface area contributed by atoms with Crippen LogP contribution in [0.15, 0.2) is 54.1 Å². The van der Waals surface area contributed by atoms with Crippen molar-refractivity contribution < 1.29 is 13.9 Å². The molecule has 0 amide bonds. The first-order chi connectivity index (χ1) is 11.8. The lowest BCUT2D eigenvalue weighted by atomic mass is 9.98. The summed E-state index contributed by atoms with van der Waals surface area (Å²) in [6.07, 6.45) is 11.3. The van der Waals surface area contributed by atoms with Crippen LogP contribution in [0.3, 0.4) is 0 Å². The van der Waals surface area contributed by atoms with Gasteiger partial charge in [0.15, 0.2) is 0 Å². The molecule has 3 heteroatoms. The summed E-state index contributed by atoms with van der Waals surface area (Å²) in [6, 6.07) is 8.26. The molecular formula is C21H23O3+. The van der Waals surface area contributed by atoms with E-state index in [0.29, 0.717) is 12.7 Å². The first-order valence-electron chi connectivity index (χ1n) is 8.69. The molecule has 24 heavy (non-hydrogen) atoms. The zero-order valence-corrected chi connectivity index (χ0v) is 14.0. The zero-order chi connectivity index (χ0) is 16.4. The number of ether oxygens (including phenoxy) is 2. The highest BCUT2D eigenvalue weighted by Gasteiger charge is 2.27. The molecule has 1 heterocycles. The van der Waals surface area contributed by atoms with E-state index in [1.54, 1.807) is 0 Å². The molecule has 1 unspecified atom stereocenters. The Morgan fingerprint density at radius 1 is 1.12 bits per heavy atom. The van der Waals surface area contributed by atoms with Crippen molar-refractivity contribution >= 4 is 11.4 Å². The average molecular weight is 323 g/mol. The molecule has 0 bridgehead atoms. The van der Waals surface area contributed by atoms with Crippen molar-refractivity contribution in [3.8, 4) is 5.75 Å². The maximum Gasteiger partial charge on any atom is 0.343 e. The van der Waals surface area contributed by atoms with Gasteiger partial charge >= 0.3 is 5.78 Å². The van der Waals surface area contributed by atoms with E-state index in [0.717, 1.165) is 30.7 Å². The number of benzene rings is 1. The molecule has 1 saturated heterocycles. The molecular weight excluding hydrogens is 300 g/mol. The molecule has 0 spiro atoms. The average Bonchev–Trinajstić information content (AvgIpc) is 3.53. The second-order valence-electron chi connectivity index (χ2n) is 6.69. The predicted octanol–water partition coefficient (Wildman–Crippen LogP) is 3.88. The third-order valence-electron chi connectivity index (χ3n) is 4.60. The van der Waals surface area contributed by atoms with Crippen LogP contribution in [0.5, 0.6) is 5.75 Å². The van der Waals surface area contributed by atoms with Gasteiger partial charge in [-0.1, -0.05) is 12.1 Å². The normalized spacial score (nSPS) is 21.8. The van der Waals surface area contributed by atoms with Gasteiger partial charge in [0.25, 0.3) is 6.61 Å². The fourth-order valence-electron chi connectivity index (χ4n) is 2.62. The Kier molecular flexibility index (Phi) is 4.35. The molecule has 0 N–H and O–H groups in total. The minimum atomic E-state index is 0.290. The second kappa shape index (κ2) is 6.78. The number of rotatable bonds is 6. The highest BCUT2D eigenvalue weighted by Crippen LogP contribution is 2.28. The van der Waals surface area contributed by atoms with E-state index in [9.17, 15) is 0 Å². The van der Waals surface area contributed by atoms with Gasteiger partial charge in [-0.25, -0.2) is 0 Å². The van der Waals surface area contributed by atoms with Crippen LogP contribution in [0, 0.1) is 5.92 Å². The fraction of sp³-hybridized carbons (Fsp3) is 0.381. The standard InChI is InChI=1S/C21H23O3/c1-15(17-4-8-19(9-5-17)22-12-16-2-3-16)18-6-10-20(11-7-18)23-13-21-14-24-21/h4-11,16,21H,2-3,12-14H2,1H3/q+1. The lowest BCUT2D eigenvalue weighted by Gasteiger charge is -2.09. The Labute approximate surface area is 143 Å². The molecule has 0 aromatic heterocycles. The molecule has 2 fully saturated rings. The largest absolute Gasteiger partial charge is 0.491 e. The van der Waals surface area contributed by atoms with E-state index in [1.165, 1.54) is 29.6 Å². The number of hydrogen-bond acceptors (Lipinski definition) is 2. The van der Waals surface area contributed by atoms with E-state index >= 15 is 0 Å². The Bertz CT molecular complexity index is 696. The first-order valence-corrected chi connectivity index (χ1v) is 8.69. The van der Waals surface area contributed by atoms with Gasteiger partial charge in [-0.05, 0) is 60.8 Å². The van der Waals surface area contributed by atoms with Crippen LogP contribution in [-0.2, 0) is 9.16 Å². The summed E-state index contributed by atoms with van der Waals surface area (Å²) in [5.74, 6) is 2.64. The van der Waals surface area contributed by atoms with E-state index < -0.39 is 0 Å². The van der Waals surface area contributed by atoms with E-state index in [-0.39, 0.29) is 0 Å². The molecule has 1 aromatic carbocycles. The number of allylic oxidation sites excluding steroid dienone is 6. The van der Waals surface area contributed by atoms with E-state index in [2.05, 4.69) is 43.4 Å². The topological polar surface area (TPSA) is 33.1 Å². The van der Waals surface area contributed by atoms with Crippen LogP contribution < -0.4 is 4.74 Å².